The molecular weight excluding hydrogens is 198 g/mol. The van der Waals surface area contributed by atoms with Gasteiger partial charge in [-0.05, 0) is 25.9 Å². The van der Waals surface area contributed by atoms with Crippen LogP contribution in [0.3, 0.4) is 0 Å². The summed E-state index contributed by atoms with van der Waals surface area (Å²) < 4.78 is 10.9. The second-order valence-electron chi connectivity index (χ2n) is 4.09. The number of hydrogen-bond donors (Lipinski definition) is 0. The highest BCUT2D eigenvalue weighted by molar-refractivity contribution is 8.00. The van der Waals surface area contributed by atoms with Crippen LogP contribution in [-0.2, 0) is 9.47 Å². The van der Waals surface area contributed by atoms with Gasteiger partial charge in [0.15, 0.2) is 6.29 Å². The number of ether oxygens (including phenoxy) is 2. The molecule has 0 N–H and O–H groups in total. The first-order chi connectivity index (χ1) is 6.83. The van der Waals surface area contributed by atoms with E-state index >= 15 is 0 Å². The lowest BCUT2D eigenvalue weighted by Gasteiger charge is -2.51. The molecule has 2 heterocycles. The van der Waals surface area contributed by atoms with E-state index < -0.39 is 0 Å². The molecule has 0 atom stereocenters. The lowest BCUT2D eigenvalue weighted by atomic mass is 10.0. The number of methoxy groups -OCH3 is 2. The molecule has 0 saturated carbocycles. The van der Waals surface area contributed by atoms with E-state index in [1.807, 2.05) is 11.8 Å². The van der Waals surface area contributed by atoms with Crippen LogP contribution in [0, 0.1) is 0 Å². The van der Waals surface area contributed by atoms with E-state index in [1.54, 1.807) is 14.2 Å². The maximum absolute atomic E-state index is 5.44. The molecule has 3 nitrogen and oxygen atoms in total. The van der Waals surface area contributed by atoms with Crippen molar-refractivity contribution in [3.8, 4) is 0 Å². The van der Waals surface area contributed by atoms with Crippen molar-refractivity contribution < 1.29 is 9.47 Å². The number of hydrogen-bond acceptors (Lipinski definition) is 4. The molecule has 2 rings (SSSR count). The Labute approximate surface area is 90.1 Å². The molecule has 0 aliphatic carbocycles. The molecule has 82 valence electrons. The van der Waals surface area contributed by atoms with E-state index in [4.69, 9.17) is 9.47 Å². The van der Waals surface area contributed by atoms with Gasteiger partial charge in [-0.15, -0.1) is 0 Å². The Morgan fingerprint density at radius 3 is 2.07 bits per heavy atom. The van der Waals surface area contributed by atoms with Crippen molar-refractivity contribution in [2.75, 3.05) is 38.8 Å². The van der Waals surface area contributed by atoms with Crippen LogP contribution in [0.4, 0.5) is 0 Å². The number of likely N-dealkylation sites (tertiary alicyclic amines) is 1. The van der Waals surface area contributed by atoms with Crippen molar-refractivity contribution in [1.82, 2.24) is 4.90 Å². The largest absolute Gasteiger partial charge is 0.354 e. The van der Waals surface area contributed by atoms with Crippen LogP contribution in [0.1, 0.15) is 12.8 Å². The minimum atomic E-state index is -0.0538. The van der Waals surface area contributed by atoms with Crippen LogP contribution in [0.5, 0.6) is 0 Å². The molecule has 14 heavy (non-hydrogen) atoms. The molecule has 0 amide bonds. The third-order valence-corrected chi connectivity index (χ3v) is 4.71. The molecule has 2 aliphatic heterocycles. The molecule has 0 aromatic rings. The zero-order chi connectivity index (χ0) is 10.0. The first-order valence-electron chi connectivity index (χ1n) is 5.22. The predicted octanol–water partition coefficient (Wildman–Crippen LogP) is 1.19. The molecule has 2 aliphatic rings. The van der Waals surface area contributed by atoms with Gasteiger partial charge < -0.3 is 9.47 Å². The van der Waals surface area contributed by atoms with Gasteiger partial charge in [-0.2, -0.15) is 11.8 Å². The van der Waals surface area contributed by atoms with Gasteiger partial charge in [0.05, 0.1) is 5.54 Å². The molecule has 4 heteroatoms. The molecule has 2 fully saturated rings. The summed E-state index contributed by atoms with van der Waals surface area (Å²) in [4.78, 5) is 2.56. The van der Waals surface area contributed by atoms with Crippen molar-refractivity contribution in [2.45, 2.75) is 24.7 Å². The Bertz CT molecular complexity index is 183. The fourth-order valence-corrected chi connectivity index (χ4v) is 3.74. The molecule has 0 aromatic carbocycles. The molecule has 0 aromatic heterocycles. The van der Waals surface area contributed by atoms with Gasteiger partial charge in [0.2, 0.25) is 0 Å². The third kappa shape index (κ3) is 1.58. The van der Waals surface area contributed by atoms with Gasteiger partial charge in [-0.1, -0.05) is 0 Å². The van der Waals surface area contributed by atoms with Gasteiger partial charge in [0.1, 0.15) is 0 Å². The third-order valence-electron chi connectivity index (χ3n) is 3.31. The quantitative estimate of drug-likeness (QED) is 0.659. The number of thioether (sulfide) groups is 1. The molecule has 0 unspecified atom stereocenters. The summed E-state index contributed by atoms with van der Waals surface area (Å²) in [7, 11) is 3.49. The predicted molar refractivity (Wildman–Crippen MR) is 58.7 cm³/mol. The van der Waals surface area contributed by atoms with E-state index in [2.05, 4.69) is 4.90 Å². The summed E-state index contributed by atoms with van der Waals surface area (Å²) in [6.07, 6.45) is 2.60. The lowest BCUT2D eigenvalue weighted by molar-refractivity contribution is -0.175. The van der Waals surface area contributed by atoms with Gasteiger partial charge >= 0.3 is 0 Å². The molecule has 0 bridgehead atoms. The van der Waals surface area contributed by atoms with Gasteiger partial charge in [0, 0.05) is 25.7 Å². The van der Waals surface area contributed by atoms with Gasteiger partial charge in [-0.3, -0.25) is 4.90 Å². The van der Waals surface area contributed by atoms with Crippen molar-refractivity contribution >= 4 is 11.8 Å². The maximum Gasteiger partial charge on any atom is 0.176 e. The highest BCUT2D eigenvalue weighted by Crippen LogP contribution is 2.40. The normalized spacial score (nSPS) is 26.8. The molecular formula is C10H19NO2S. The SMILES string of the molecule is COC(OC)C1(N2CCCC2)CSC1. The summed E-state index contributed by atoms with van der Waals surface area (Å²) in [6.45, 7) is 2.42. The van der Waals surface area contributed by atoms with Gasteiger partial charge in [0.25, 0.3) is 0 Å². The fourth-order valence-electron chi connectivity index (χ4n) is 2.48. The van der Waals surface area contributed by atoms with Crippen molar-refractivity contribution in [1.29, 1.82) is 0 Å². The van der Waals surface area contributed by atoms with Gasteiger partial charge in [-0.25, -0.2) is 0 Å². The van der Waals surface area contributed by atoms with Crippen LogP contribution in [-0.4, -0.2) is 55.5 Å². The average Bonchev–Trinajstić information content (AvgIpc) is 2.63. The van der Waals surface area contributed by atoms with E-state index in [0.29, 0.717) is 0 Å². The molecule has 0 spiro atoms. The Morgan fingerprint density at radius 2 is 1.71 bits per heavy atom. The fraction of sp³-hybridized carbons (Fsp3) is 1.00. The zero-order valence-electron chi connectivity index (χ0n) is 8.99. The van der Waals surface area contributed by atoms with Crippen molar-refractivity contribution in [2.24, 2.45) is 0 Å². The van der Waals surface area contributed by atoms with Crippen LogP contribution in [0.25, 0.3) is 0 Å². The minimum absolute atomic E-state index is 0.0538. The Hall–Kier alpha value is 0.230. The second kappa shape index (κ2) is 4.39. The Morgan fingerprint density at radius 1 is 1.14 bits per heavy atom. The van der Waals surface area contributed by atoms with Crippen LogP contribution >= 0.6 is 11.8 Å². The van der Waals surface area contributed by atoms with Crippen LogP contribution in [0.2, 0.25) is 0 Å². The average molecular weight is 217 g/mol. The summed E-state index contributed by atoms with van der Waals surface area (Å²) in [5.74, 6) is 2.30. The highest BCUT2D eigenvalue weighted by atomic mass is 32.2. The topological polar surface area (TPSA) is 21.7 Å². The molecule has 0 radical (unpaired) electrons. The minimum Gasteiger partial charge on any atom is -0.354 e. The van der Waals surface area contributed by atoms with Crippen molar-refractivity contribution in [3.63, 3.8) is 0 Å². The highest BCUT2D eigenvalue weighted by Gasteiger charge is 2.51. The summed E-state index contributed by atoms with van der Waals surface area (Å²) >= 11 is 1.99. The standard InChI is InChI=1S/C10H19NO2S/c1-12-9(13-2)10(7-14-8-10)11-5-3-4-6-11/h9H,3-8H2,1-2H3. The van der Waals surface area contributed by atoms with Crippen LogP contribution in [0.15, 0.2) is 0 Å². The Balaban J connectivity index is 2.07. The van der Waals surface area contributed by atoms with E-state index in [9.17, 15) is 0 Å². The molecule has 2 saturated heterocycles. The summed E-state index contributed by atoms with van der Waals surface area (Å²) in [6, 6.07) is 0. The summed E-state index contributed by atoms with van der Waals surface area (Å²) in [5, 5.41) is 0. The maximum atomic E-state index is 5.44. The smallest absolute Gasteiger partial charge is 0.176 e. The number of nitrogens with zero attached hydrogens (tertiary/aromatic N) is 1. The Kier molecular flexibility index (Phi) is 3.37. The van der Waals surface area contributed by atoms with E-state index in [1.165, 1.54) is 25.9 Å². The first kappa shape index (κ1) is 10.7. The summed E-state index contributed by atoms with van der Waals surface area (Å²) in [5.41, 5.74) is 0.171. The van der Waals surface area contributed by atoms with E-state index in [0.717, 1.165) is 11.5 Å². The zero-order valence-corrected chi connectivity index (χ0v) is 9.81. The number of rotatable bonds is 4. The van der Waals surface area contributed by atoms with E-state index in [-0.39, 0.29) is 11.8 Å². The second-order valence-corrected chi connectivity index (χ2v) is 5.08. The monoisotopic (exact) mass is 217 g/mol. The first-order valence-corrected chi connectivity index (χ1v) is 6.37. The van der Waals surface area contributed by atoms with Crippen LogP contribution < -0.4 is 0 Å². The van der Waals surface area contributed by atoms with Crippen molar-refractivity contribution in [3.05, 3.63) is 0 Å². The lowest BCUT2D eigenvalue weighted by Crippen LogP contribution is -2.65.